The zero-order valence-corrected chi connectivity index (χ0v) is 12.8. The minimum Gasteiger partial charge on any atom is -0.318 e. The van der Waals surface area contributed by atoms with E-state index in [1.807, 2.05) is 18.2 Å². The second kappa shape index (κ2) is 6.34. The van der Waals surface area contributed by atoms with E-state index >= 15 is 0 Å². The molecule has 2 aromatic carbocycles. The number of nitriles is 1. The smallest absolute Gasteiger partial charge is 0.213 e. The SMILES string of the molecule is CN(C=O)c1ccc(-c2cc(C#N)nn2-c2ccc(F)cc2)cc1. The molecule has 0 radical (unpaired) electrons. The third-order valence-corrected chi connectivity index (χ3v) is 3.62. The monoisotopic (exact) mass is 320 g/mol. The molecule has 1 amide bonds. The Morgan fingerprint density at radius 2 is 1.83 bits per heavy atom. The van der Waals surface area contributed by atoms with E-state index in [0.29, 0.717) is 11.4 Å². The van der Waals surface area contributed by atoms with Crippen LogP contribution in [-0.4, -0.2) is 23.2 Å². The number of amides is 1. The van der Waals surface area contributed by atoms with Crippen molar-refractivity contribution in [1.29, 1.82) is 5.26 Å². The molecule has 0 spiro atoms. The van der Waals surface area contributed by atoms with Crippen molar-refractivity contribution in [2.45, 2.75) is 0 Å². The predicted molar refractivity (Wildman–Crippen MR) is 88.1 cm³/mol. The quantitative estimate of drug-likeness (QED) is 0.694. The van der Waals surface area contributed by atoms with E-state index in [0.717, 1.165) is 17.7 Å². The molecule has 0 aliphatic carbocycles. The largest absolute Gasteiger partial charge is 0.318 e. The molecule has 0 aliphatic rings. The van der Waals surface area contributed by atoms with E-state index in [2.05, 4.69) is 5.10 Å². The molecule has 24 heavy (non-hydrogen) atoms. The predicted octanol–water partition coefficient (Wildman–Crippen LogP) is 3.14. The zero-order chi connectivity index (χ0) is 17.1. The van der Waals surface area contributed by atoms with Crippen LogP contribution in [0.5, 0.6) is 0 Å². The normalized spacial score (nSPS) is 10.2. The van der Waals surface area contributed by atoms with Gasteiger partial charge in [-0.2, -0.15) is 10.4 Å². The molecule has 118 valence electrons. The Labute approximate surface area is 138 Å². The highest BCUT2D eigenvalue weighted by Gasteiger charge is 2.12. The van der Waals surface area contributed by atoms with Crippen LogP contribution in [0.15, 0.2) is 54.6 Å². The van der Waals surface area contributed by atoms with Gasteiger partial charge in [0.1, 0.15) is 11.9 Å². The maximum absolute atomic E-state index is 13.1. The minimum absolute atomic E-state index is 0.267. The van der Waals surface area contributed by atoms with Gasteiger partial charge in [-0.25, -0.2) is 9.07 Å². The van der Waals surface area contributed by atoms with Gasteiger partial charge in [0.2, 0.25) is 6.41 Å². The van der Waals surface area contributed by atoms with Crippen molar-refractivity contribution in [2.75, 3.05) is 11.9 Å². The minimum atomic E-state index is -0.339. The lowest BCUT2D eigenvalue weighted by Crippen LogP contribution is -2.13. The second-order valence-electron chi connectivity index (χ2n) is 5.18. The summed E-state index contributed by atoms with van der Waals surface area (Å²) in [6.07, 6.45) is 0.728. The topological polar surface area (TPSA) is 61.9 Å². The summed E-state index contributed by atoms with van der Waals surface area (Å²) in [5.74, 6) is -0.339. The third kappa shape index (κ3) is 2.88. The van der Waals surface area contributed by atoms with Crippen LogP contribution in [0.25, 0.3) is 16.9 Å². The van der Waals surface area contributed by atoms with Crippen LogP contribution in [0, 0.1) is 17.1 Å². The fourth-order valence-electron chi connectivity index (χ4n) is 2.35. The molecule has 0 saturated carbocycles. The molecule has 0 fully saturated rings. The first-order valence-electron chi connectivity index (χ1n) is 7.17. The average Bonchev–Trinajstić information content (AvgIpc) is 3.06. The van der Waals surface area contributed by atoms with Crippen molar-refractivity contribution < 1.29 is 9.18 Å². The summed E-state index contributed by atoms with van der Waals surface area (Å²) in [6, 6.07) is 16.9. The van der Waals surface area contributed by atoms with Gasteiger partial charge in [-0.15, -0.1) is 0 Å². The van der Waals surface area contributed by atoms with Crippen molar-refractivity contribution in [2.24, 2.45) is 0 Å². The average molecular weight is 320 g/mol. The molecule has 0 bridgehead atoms. The maximum Gasteiger partial charge on any atom is 0.213 e. The fraction of sp³-hybridized carbons (Fsp3) is 0.0556. The Kier molecular flexibility index (Phi) is 4.08. The number of aromatic nitrogens is 2. The lowest BCUT2D eigenvalue weighted by molar-refractivity contribution is -0.107. The van der Waals surface area contributed by atoms with Crippen LogP contribution in [0.4, 0.5) is 10.1 Å². The van der Waals surface area contributed by atoms with Crippen molar-refractivity contribution in [3.8, 4) is 23.0 Å². The highest BCUT2D eigenvalue weighted by atomic mass is 19.1. The summed E-state index contributed by atoms with van der Waals surface area (Å²) in [4.78, 5) is 12.3. The van der Waals surface area contributed by atoms with Crippen molar-refractivity contribution in [3.05, 3.63) is 66.1 Å². The van der Waals surface area contributed by atoms with Gasteiger partial charge in [0.15, 0.2) is 5.69 Å². The van der Waals surface area contributed by atoms with Gasteiger partial charge >= 0.3 is 0 Å². The van der Waals surface area contributed by atoms with E-state index in [9.17, 15) is 9.18 Å². The first-order valence-corrected chi connectivity index (χ1v) is 7.17. The Morgan fingerprint density at radius 3 is 2.42 bits per heavy atom. The van der Waals surface area contributed by atoms with Crippen LogP contribution < -0.4 is 4.90 Å². The fourth-order valence-corrected chi connectivity index (χ4v) is 2.35. The number of rotatable bonds is 4. The number of nitrogens with zero attached hydrogens (tertiary/aromatic N) is 4. The Morgan fingerprint density at radius 1 is 1.17 bits per heavy atom. The van der Waals surface area contributed by atoms with E-state index < -0.39 is 0 Å². The van der Waals surface area contributed by atoms with Gasteiger partial charge in [-0.1, -0.05) is 12.1 Å². The zero-order valence-electron chi connectivity index (χ0n) is 12.8. The van der Waals surface area contributed by atoms with Crippen LogP contribution in [0.1, 0.15) is 5.69 Å². The van der Waals surface area contributed by atoms with Crippen LogP contribution in [-0.2, 0) is 4.79 Å². The third-order valence-electron chi connectivity index (χ3n) is 3.62. The van der Waals surface area contributed by atoms with Gasteiger partial charge < -0.3 is 4.90 Å². The summed E-state index contributed by atoms with van der Waals surface area (Å²) in [7, 11) is 1.67. The highest BCUT2D eigenvalue weighted by Crippen LogP contribution is 2.26. The summed E-state index contributed by atoms with van der Waals surface area (Å²) in [5.41, 5.74) is 3.21. The molecule has 3 aromatic rings. The molecule has 0 unspecified atom stereocenters. The number of hydrogen-bond donors (Lipinski definition) is 0. The van der Waals surface area contributed by atoms with Crippen molar-refractivity contribution in [1.82, 2.24) is 9.78 Å². The first kappa shape index (κ1) is 15.4. The van der Waals surface area contributed by atoms with Crippen LogP contribution in [0.3, 0.4) is 0 Å². The molecule has 0 atom stereocenters. The molecule has 3 rings (SSSR count). The second-order valence-corrected chi connectivity index (χ2v) is 5.18. The Hall–Kier alpha value is -3.46. The van der Waals surface area contributed by atoms with Gasteiger partial charge in [0, 0.05) is 24.4 Å². The van der Waals surface area contributed by atoms with Crippen LogP contribution >= 0.6 is 0 Å². The number of benzene rings is 2. The molecular weight excluding hydrogens is 307 g/mol. The molecule has 6 heteroatoms. The summed E-state index contributed by atoms with van der Waals surface area (Å²) < 4.78 is 14.7. The number of carbonyl (C=O) groups excluding carboxylic acids is 1. The standard InChI is InChI=1S/C18H13FN4O/c1-22(12-24)16-6-2-13(3-7-16)18-10-15(11-20)21-23(18)17-8-4-14(19)5-9-17/h2-10,12H,1H3. The van der Waals surface area contributed by atoms with Gasteiger partial charge in [0.25, 0.3) is 0 Å². The molecule has 0 saturated heterocycles. The van der Waals surface area contributed by atoms with Crippen LogP contribution in [0.2, 0.25) is 0 Å². The number of halogens is 1. The molecule has 0 N–H and O–H groups in total. The lowest BCUT2D eigenvalue weighted by Gasteiger charge is -2.12. The van der Waals surface area contributed by atoms with Gasteiger partial charge in [-0.3, -0.25) is 4.79 Å². The summed E-state index contributed by atoms with van der Waals surface area (Å²) in [6.45, 7) is 0. The molecule has 1 aromatic heterocycles. The van der Waals surface area contributed by atoms with Gasteiger partial charge in [0.05, 0.1) is 11.4 Å². The number of carbonyl (C=O) groups is 1. The number of anilines is 1. The number of hydrogen-bond acceptors (Lipinski definition) is 3. The lowest BCUT2D eigenvalue weighted by atomic mass is 10.1. The molecule has 1 heterocycles. The maximum atomic E-state index is 13.1. The Bertz CT molecular complexity index is 908. The molecule has 5 nitrogen and oxygen atoms in total. The first-order chi connectivity index (χ1) is 11.6. The summed E-state index contributed by atoms with van der Waals surface area (Å²) >= 11 is 0. The van der Waals surface area contributed by atoms with E-state index in [1.54, 1.807) is 42.1 Å². The van der Waals surface area contributed by atoms with Crippen molar-refractivity contribution >= 4 is 12.1 Å². The summed E-state index contributed by atoms with van der Waals surface area (Å²) in [5, 5.41) is 13.4. The van der Waals surface area contributed by atoms with E-state index in [4.69, 9.17) is 5.26 Å². The van der Waals surface area contributed by atoms with E-state index in [-0.39, 0.29) is 11.5 Å². The highest BCUT2D eigenvalue weighted by molar-refractivity contribution is 5.76. The Balaban J connectivity index is 2.07. The molecule has 0 aliphatic heterocycles. The van der Waals surface area contributed by atoms with E-state index in [1.165, 1.54) is 17.0 Å². The molecular formula is C18H13FN4O. The van der Waals surface area contributed by atoms with Gasteiger partial charge in [-0.05, 0) is 36.4 Å². The van der Waals surface area contributed by atoms with Crippen molar-refractivity contribution in [3.63, 3.8) is 0 Å².